The Morgan fingerprint density at radius 3 is 2.56 bits per heavy atom. The number of aliphatic hydroxyl groups is 1. The van der Waals surface area contributed by atoms with Crippen LogP contribution in [0, 0.1) is 0 Å². The Labute approximate surface area is 97.4 Å². The lowest BCUT2D eigenvalue weighted by Gasteiger charge is -2.21. The van der Waals surface area contributed by atoms with Crippen molar-refractivity contribution in [2.24, 2.45) is 0 Å². The molecule has 1 aromatic rings. The van der Waals surface area contributed by atoms with Gasteiger partial charge in [-0.2, -0.15) is 0 Å². The predicted octanol–water partition coefficient (Wildman–Crippen LogP) is 1.73. The van der Waals surface area contributed by atoms with E-state index in [1.54, 1.807) is 7.11 Å². The summed E-state index contributed by atoms with van der Waals surface area (Å²) in [5.41, 5.74) is 1.12. The summed E-state index contributed by atoms with van der Waals surface area (Å²) in [7, 11) is 1.70. The molecule has 16 heavy (non-hydrogen) atoms. The van der Waals surface area contributed by atoms with Gasteiger partial charge < -0.3 is 15.2 Å². The Kier molecular flexibility index (Phi) is 6.08. The maximum absolute atomic E-state index is 9.36. The summed E-state index contributed by atoms with van der Waals surface area (Å²) < 4.78 is 5.03. The molecule has 1 unspecified atom stereocenters. The van der Waals surface area contributed by atoms with Crippen molar-refractivity contribution in [2.45, 2.75) is 25.4 Å². The summed E-state index contributed by atoms with van der Waals surface area (Å²) in [6, 6.07) is 10.3. The zero-order chi connectivity index (χ0) is 11.8. The molecule has 1 aromatic carbocycles. The standard InChI is InChI=1S/C13H21NO2/c1-11(8-9-16-2)14-13(10-15)12-6-4-3-5-7-12/h3-7,11,13-15H,8-10H2,1-2H3/t11?,13-/m1/s1. The second kappa shape index (κ2) is 7.39. The van der Waals surface area contributed by atoms with E-state index in [-0.39, 0.29) is 12.6 Å². The third-order valence-electron chi connectivity index (χ3n) is 2.63. The highest BCUT2D eigenvalue weighted by Gasteiger charge is 2.12. The topological polar surface area (TPSA) is 41.5 Å². The van der Waals surface area contributed by atoms with Crippen molar-refractivity contribution in [1.29, 1.82) is 0 Å². The highest BCUT2D eigenvalue weighted by Crippen LogP contribution is 2.12. The van der Waals surface area contributed by atoms with Gasteiger partial charge in [0.25, 0.3) is 0 Å². The molecule has 3 heteroatoms. The smallest absolute Gasteiger partial charge is 0.0626 e. The number of hydrogen-bond acceptors (Lipinski definition) is 3. The number of methoxy groups -OCH3 is 1. The third-order valence-corrected chi connectivity index (χ3v) is 2.63. The molecule has 0 aliphatic heterocycles. The van der Waals surface area contributed by atoms with Crippen LogP contribution in [0.25, 0.3) is 0 Å². The van der Waals surface area contributed by atoms with Gasteiger partial charge in [-0.05, 0) is 18.9 Å². The number of ether oxygens (including phenoxy) is 1. The largest absolute Gasteiger partial charge is 0.394 e. The molecule has 0 radical (unpaired) electrons. The van der Waals surface area contributed by atoms with E-state index >= 15 is 0 Å². The maximum atomic E-state index is 9.36. The first-order valence-corrected chi connectivity index (χ1v) is 5.68. The Hall–Kier alpha value is -0.900. The molecule has 0 aliphatic carbocycles. The lowest BCUT2D eigenvalue weighted by atomic mass is 10.1. The first kappa shape index (κ1) is 13.2. The van der Waals surface area contributed by atoms with Crippen molar-refractivity contribution in [2.75, 3.05) is 20.3 Å². The summed E-state index contributed by atoms with van der Waals surface area (Å²) in [5, 5.41) is 12.7. The fourth-order valence-corrected chi connectivity index (χ4v) is 1.66. The lowest BCUT2D eigenvalue weighted by Crippen LogP contribution is -2.33. The molecule has 0 aliphatic rings. The molecule has 0 saturated carbocycles. The van der Waals surface area contributed by atoms with E-state index in [4.69, 9.17) is 4.74 Å². The first-order valence-electron chi connectivity index (χ1n) is 5.68. The van der Waals surface area contributed by atoms with Crippen molar-refractivity contribution in [3.05, 3.63) is 35.9 Å². The van der Waals surface area contributed by atoms with Crippen LogP contribution in [0.2, 0.25) is 0 Å². The maximum Gasteiger partial charge on any atom is 0.0626 e. The second-order valence-electron chi connectivity index (χ2n) is 4.00. The average molecular weight is 223 g/mol. The third kappa shape index (κ3) is 4.31. The van der Waals surface area contributed by atoms with Gasteiger partial charge in [0.15, 0.2) is 0 Å². The molecule has 0 heterocycles. The van der Waals surface area contributed by atoms with Crippen LogP contribution < -0.4 is 5.32 Å². The van der Waals surface area contributed by atoms with Gasteiger partial charge in [0.1, 0.15) is 0 Å². The van der Waals surface area contributed by atoms with E-state index in [1.165, 1.54) is 0 Å². The van der Waals surface area contributed by atoms with Gasteiger partial charge in [0.05, 0.1) is 12.6 Å². The second-order valence-corrected chi connectivity index (χ2v) is 4.00. The number of rotatable bonds is 7. The van der Waals surface area contributed by atoms with Crippen LogP contribution in [-0.4, -0.2) is 31.5 Å². The molecule has 0 amide bonds. The van der Waals surface area contributed by atoms with Crippen LogP contribution >= 0.6 is 0 Å². The SMILES string of the molecule is COCCC(C)N[C@H](CO)c1ccccc1. The van der Waals surface area contributed by atoms with Crippen molar-refractivity contribution in [3.8, 4) is 0 Å². The number of nitrogens with one attached hydrogen (secondary N) is 1. The zero-order valence-corrected chi connectivity index (χ0v) is 10.0. The van der Waals surface area contributed by atoms with Gasteiger partial charge in [0, 0.05) is 19.8 Å². The summed E-state index contributed by atoms with van der Waals surface area (Å²) >= 11 is 0. The molecular formula is C13H21NO2. The first-order chi connectivity index (χ1) is 7.77. The van der Waals surface area contributed by atoms with E-state index in [0.717, 1.165) is 18.6 Å². The fraction of sp³-hybridized carbons (Fsp3) is 0.538. The summed E-state index contributed by atoms with van der Waals surface area (Å²) in [6.45, 7) is 2.95. The van der Waals surface area contributed by atoms with Crippen molar-refractivity contribution in [1.82, 2.24) is 5.32 Å². The Morgan fingerprint density at radius 2 is 2.00 bits per heavy atom. The molecule has 2 N–H and O–H groups in total. The minimum atomic E-state index is 0.00746. The molecule has 0 aromatic heterocycles. The number of aliphatic hydroxyl groups excluding tert-OH is 1. The molecule has 0 spiro atoms. The van der Waals surface area contributed by atoms with Gasteiger partial charge in [0.2, 0.25) is 0 Å². The van der Waals surface area contributed by atoms with E-state index in [2.05, 4.69) is 12.2 Å². The summed E-state index contributed by atoms with van der Waals surface area (Å²) in [4.78, 5) is 0. The minimum absolute atomic E-state index is 0.00746. The highest BCUT2D eigenvalue weighted by molar-refractivity contribution is 5.18. The quantitative estimate of drug-likeness (QED) is 0.739. The minimum Gasteiger partial charge on any atom is -0.394 e. The zero-order valence-electron chi connectivity index (χ0n) is 10.0. The van der Waals surface area contributed by atoms with Crippen LogP contribution in [0.4, 0.5) is 0 Å². The van der Waals surface area contributed by atoms with Crippen LogP contribution in [0.15, 0.2) is 30.3 Å². The van der Waals surface area contributed by atoms with Gasteiger partial charge in [-0.3, -0.25) is 0 Å². The van der Waals surface area contributed by atoms with E-state index in [1.807, 2.05) is 30.3 Å². The van der Waals surface area contributed by atoms with Gasteiger partial charge in [-0.1, -0.05) is 30.3 Å². The van der Waals surface area contributed by atoms with E-state index in [9.17, 15) is 5.11 Å². The van der Waals surface area contributed by atoms with Crippen molar-refractivity contribution >= 4 is 0 Å². The van der Waals surface area contributed by atoms with Crippen molar-refractivity contribution in [3.63, 3.8) is 0 Å². The predicted molar refractivity (Wildman–Crippen MR) is 65.4 cm³/mol. The number of hydrogen-bond donors (Lipinski definition) is 2. The van der Waals surface area contributed by atoms with E-state index < -0.39 is 0 Å². The lowest BCUT2D eigenvalue weighted by molar-refractivity contribution is 0.175. The Morgan fingerprint density at radius 1 is 1.31 bits per heavy atom. The van der Waals surface area contributed by atoms with Gasteiger partial charge in [-0.25, -0.2) is 0 Å². The number of benzene rings is 1. The molecule has 2 atom stereocenters. The molecule has 1 rings (SSSR count). The van der Waals surface area contributed by atoms with Gasteiger partial charge in [-0.15, -0.1) is 0 Å². The molecule has 0 bridgehead atoms. The van der Waals surface area contributed by atoms with Crippen LogP contribution in [0.5, 0.6) is 0 Å². The molecular weight excluding hydrogens is 202 g/mol. The summed E-state index contributed by atoms with van der Waals surface area (Å²) in [5.74, 6) is 0. The highest BCUT2D eigenvalue weighted by atomic mass is 16.5. The van der Waals surface area contributed by atoms with E-state index in [0.29, 0.717) is 6.04 Å². The molecule has 3 nitrogen and oxygen atoms in total. The average Bonchev–Trinajstić information content (AvgIpc) is 2.34. The van der Waals surface area contributed by atoms with Crippen molar-refractivity contribution < 1.29 is 9.84 Å². The normalized spacial score (nSPS) is 14.7. The van der Waals surface area contributed by atoms with Crippen LogP contribution in [0.3, 0.4) is 0 Å². The Balaban J connectivity index is 2.49. The fourth-order valence-electron chi connectivity index (χ4n) is 1.66. The van der Waals surface area contributed by atoms with Crippen LogP contribution in [-0.2, 0) is 4.74 Å². The van der Waals surface area contributed by atoms with Gasteiger partial charge >= 0.3 is 0 Å². The molecule has 90 valence electrons. The molecule has 0 fully saturated rings. The summed E-state index contributed by atoms with van der Waals surface area (Å²) in [6.07, 6.45) is 0.944. The van der Waals surface area contributed by atoms with Crippen LogP contribution in [0.1, 0.15) is 24.9 Å². The monoisotopic (exact) mass is 223 g/mol. The molecule has 0 saturated heterocycles. The Bertz CT molecular complexity index is 277.